The minimum Gasteiger partial charge on any atom is -0.490 e. The van der Waals surface area contributed by atoms with Gasteiger partial charge in [-0.05, 0) is 48.7 Å². The van der Waals surface area contributed by atoms with Gasteiger partial charge in [0.05, 0.1) is 6.61 Å². The van der Waals surface area contributed by atoms with Crippen molar-refractivity contribution in [2.24, 2.45) is 0 Å². The molecule has 20 heavy (non-hydrogen) atoms. The van der Waals surface area contributed by atoms with Crippen LogP contribution in [0.1, 0.15) is 24.5 Å². The molecule has 0 fully saturated rings. The average molecular weight is 291 g/mol. The van der Waals surface area contributed by atoms with E-state index < -0.39 is 0 Å². The molecule has 0 unspecified atom stereocenters. The van der Waals surface area contributed by atoms with Crippen molar-refractivity contribution in [2.75, 3.05) is 6.61 Å². The lowest BCUT2D eigenvalue weighted by Gasteiger charge is -2.13. The van der Waals surface area contributed by atoms with E-state index in [1.807, 2.05) is 49.4 Å². The summed E-state index contributed by atoms with van der Waals surface area (Å²) in [5, 5.41) is 0. The molecule has 2 nitrogen and oxygen atoms in total. The smallest absolute Gasteiger partial charge is 0.169 e. The quantitative estimate of drug-likeness (QED) is 0.671. The number of aryl methyl sites for hydroxylation is 1. The molecule has 2 rings (SSSR count). The molecule has 0 radical (unpaired) electrons. The topological polar surface area (TPSA) is 18.5 Å². The Bertz CT molecular complexity index is 567. The number of hydrogen-bond donors (Lipinski definition) is 0. The van der Waals surface area contributed by atoms with Gasteiger partial charge in [0.1, 0.15) is 5.75 Å². The second-order valence-electron chi connectivity index (χ2n) is 4.62. The van der Waals surface area contributed by atoms with Crippen molar-refractivity contribution in [1.29, 1.82) is 0 Å². The summed E-state index contributed by atoms with van der Waals surface area (Å²) >= 11 is 5.87. The van der Waals surface area contributed by atoms with Crippen LogP contribution in [0.2, 0.25) is 0 Å². The molecule has 106 valence electrons. The average Bonchev–Trinajstić information content (AvgIpc) is 2.46. The first-order valence-corrected chi connectivity index (χ1v) is 7.33. The maximum atomic E-state index is 5.92. The molecule has 0 atom stereocenters. The number of benzene rings is 2. The van der Waals surface area contributed by atoms with Crippen molar-refractivity contribution in [3.8, 4) is 17.2 Å². The summed E-state index contributed by atoms with van der Waals surface area (Å²) in [6, 6.07) is 13.6. The molecule has 0 saturated carbocycles. The summed E-state index contributed by atoms with van der Waals surface area (Å²) in [4.78, 5) is 0. The van der Waals surface area contributed by atoms with Gasteiger partial charge in [-0.25, -0.2) is 0 Å². The van der Waals surface area contributed by atoms with Crippen LogP contribution in [-0.2, 0) is 5.88 Å². The second kappa shape index (κ2) is 7.20. The Kier molecular flexibility index (Phi) is 5.31. The number of rotatable bonds is 6. The maximum absolute atomic E-state index is 5.92. The molecule has 0 spiro atoms. The van der Waals surface area contributed by atoms with Gasteiger partial charge in [-0.15, -0.1) is 11.6 Å². The zero-order chi connectivity index (χ0) is 14.4. The van der Waals surface area contributed by atoms with Crippen molar-refractivity contribution in [3.63, 3.8) is 0 Å². The summed E-state index contributed by atoms with van der Waals surface area (Å²) in [6.07, 6.45) is 0.970. The van der Waals surface area contributed by atoms with Crippen LogP contribution in [0.3, 0.4) is 0 Å². The highest BCUT2D eigenvalue weighted by molar-refractivity contribution is 6.17. The molecule has 2 aromatic carbocycles. The first kappa shape index (κ1) is 14.7. The lowest BCUT2D eigenvalue weighted by molar-refractivity contribution is 0.302. The van der Waals surface area contributed by atoms with Crippen LogP contribution >= 0.6 is 11.6 Å². The van der Waals surface area contributed by atoms with E-state index in [0.29, 0.717) is 12.5 Å². The Hall–Kier alpha value is -1.67. The number of para-hydroxylation sites is 2. The summed E-state index contributed by atoms with van der Waals surface area (Å²) in [6.45, 7) is 4.80. The number of hydrogen-bond acceptors (Lipinski definition) is 2. The highest BCUT2D eigenvalue weighted by Gasteiger charge is 2.06. The van der Waals surface area contributed by atoms with E-state index in [2.05, 4.69) is 6.92 Å². The van der Waals surface area contributed by atoms with E-state index in [-0.39, 0.29) is 0 Å². The Morgan fingerprint density at radius 1 is 1.05 bits per heavy atom. The van der Waals surface area contributed by atoms with Gasteiger partial charge in [-0.3, -0.25) is 0 Å². The Balaban J connectivity index is 2.19. The van der Waals surface area contributed by atoms with Crippen LogP contribution < -0.4 is 9.47 Å². The van der Waals surface area contributed by atoms with E-state index in [9.17, 15) is 0 Å². The highest BCUT2D eigenvalue weighted by Crippen LogP contribution is 2.32. The largest absolute Gasteiger partial charge is 0.490 e. The van der Waals surface area contributed by atoms with Crippen molar-refractivity contribution < 1.29 is 9.47 Å². The van der Waals surface area contributed by atoms with Gasteiger partial charge in [-0.2, -0.15) is 0 Å². The van der Waals surface area contributed by atoms with E-state index in [4.69, 9.17) is 21.1 Å². The van der Waals surface area contributed by atoms with Gasteiger partial charge >= 0.3 is 0 Å². The molecule has 0 bridgehead atoms. The number of halogens is 1. The van der Waals surface area contributed by atoms with Gasteiger partial charge in [0.25, 0.3) is 0 Å². The van der Waals surface area contributed by atoms with Gasteiger partial charge < -0.3 is 9.47 Å². The summed E-state index contributed by atoms with van der Waals surface area (Å²) < 4.78 is 11.6. The normalized spacial score (nSPS) is 10.3. The van der Waals surface area contributed by atoms with Crippen LogP contribution in [0.4, 0.5) is 0 Å². The van der Waals surface area contributed by atoms with Crippen LogP contribution in [0.15, 0.2) is 42.5 Å². The number of ether oxygens (including phenoxy) is 2. The van der Waals surface area contributed by atoms with Crippen molar-refractivity contribution in [3.05, 3.63) is 53.6 Å². The van der Waals surface area contributed by atoms with E-state index in [0.717, 1.165) is 34.8 Å². The molecule has 0 aromatic heterocycles. The molecule has 3 heteroatoms. The van der Waals surface area contributed by atoms with Gasteiger partial charge in [0.15, 0.2) is 11.5 Å². The molecule has 0 saturated heterocycles. The fourth-order valence-electron chi connectivity index (χ4n) is 1.87. The standard InChI is InChI=1S/C17H19ClO2/c1-3-10-19-16-6-4-5-7-17(16)20-15-9-8-14(12-18)13(2)11-15/h4-9,11H,3,10,12H2,1-2H3. The first-order chi connectivity index (χ1) is 9.74. The van der Waals surface area contributed by atoms with Crippen molar-refractivity contribution in [2.45, 2.75) is 26.1 Å². The van der Waals surface area contributed by atoms with Gasteiger partial charge in [-0.1, -0.05) is 25.1 Å². The Morgan fingerprint density at radius 2 is 1.80 bits per heavy atom. The van der Waals surface area contributed by atoms with Crippen LogP contribution in [0.5, 0.6) is 17.2 Å². The molecule has 0 aliphatic carbocycles. The summed E-state index contributed by atoms with van der Waals surface area (Å²) in [5.41, 5.74) is 2.25. The van der Waals surface area contributed by atoms with Crippen molar-refractivity contribution >= 4 is 11.6 Å². The fourth-order valence-corrected chi connectivity index (χ4v) is 2.17. The van der Waals surface area contributed by atoms with Crippen LogP contribution in [0.25, 0.3) is 0 Å². The monoisotopic (exact) mass is 290 g/mol. The minimum atomic E-state index is 0.516. The molecular formula is C17H19ClO2. The van der Waals surface area contributed by atoms with Crippen LogP contribution in [-0.4, -0.2) is 6.61 Å². The fraction of sp³-hybridized carbons (Fsp3) is 0.294. The summed E-state index contributed by atoms with van der Waals surface area (Å²) in [5.74, 6) is 2.82. The zero-order valence-corrected chi connectivity index (χ0v) is 12.6. The van der Waals surface area contributed by atoms with E-state index in [1.165, 1.54) is 0 Å². The third-order valence-corrected chi connectivity index (χ3v) is 3.28. The third kappa shape index (κ3) is 3.67. The Labute approximate surface area is 125 Å². The van der Waals surface area contributed by atoms with Gasteiger partial charge in [0, 0.05) is 5.88 Å². The lowest BCUT2D eigenvalue weighted by atomic mass is 10.1. The zero-order valence-electron chi connectivity index (χ0n) is 11.9. The van der Waals surface area contributed by atoms with Crippen molar-refractivity contribution in [1.82, 2.24) is 0 Å². The molecule has 0 aliphatic rings. The predicted octanol–water partition coefficient (Wildman–Crippen LogP) is 5.31. The predicted molar refractivity (Wildman–Crippen MR) is 83.0 cm³/mol. The second-order valence-corrected chi connectivity index (χ2v) is 4.89. The molecule has 0 aliphatic heterocycles. The Morgan fingerprint density at radius 3 is 2.45 bits per heavy atom. The maximum Gasteiger partial charge on any atom is 0.169 e. The molecule has 0 amide bonds. The highest BCUT2D eigenvalue weighted by atomic mass is 35.5. The lowest BCUT2D eigenvalue weighted by Crippen LogP contribution is -1.97. The van der Waals surface area contributed by atoms with Gasteiger partial charge in [0.2, 0.25) is 0 Å². The third-order valence-electron chi connectivity index (χ3n) is 3.00. The summed E-state index contributed by atoms with van der Waals surface area (Å²) in [7, 11) is 0. The SMILES string of the molecule is CCCOc1ccccc1Oc1ccc(CCl)c(C)c1. The number of alkyl halides is 1. The minimum absolute atomic E-state index is 0.516. The van der Waals surface area contributed by atoms with E-state index in [1.54, 1.807) is 0 Å². The van der Waals surface area contributed by atoms with E-state index >= 15 is 0 Å². The van der Waals surface area contributed by atoms with Crippen LogP contribution in [0, 0.1) is 6.92 Å². The molecule has 0 N–H and O–H groups in total. The molecule has 2 aromatic rings. The molecular weight excluding hydrogens is 272 g/mol. The molecule has 0 heterocycles. The first-order valence-electron chi connectivity index (χ1n) is 6.79.